The van der Waals surface area contributed by atoms with Crippen molar-refractivity contribution in [3.8, 4) is 0 Å². The molecule has 0 radical (unpaired) electrons. The van der Waals surface area contributed by atoms with Crippen LogP contribution < -0.4 is 0 Å². The van der Waals surface area contributed by atoms with E-state index in [4.69, 9.17) is 0 Å². The molecule has 102 valence electrons. The van der Waals surface area contributed by atoms with Crippen LogP contribution in [0.3, 0.4) is 0 Å². The number of carbonyl (C=O) groups excluding carboxylic acids is 2. The molecule has 0 spiro atoms. The Bertz CT molecular complexity index is 357. The number of ether oxygens (including phenoxy) is 2. The molecular weight excluding hydrogens is 248 g/mol. The second-order valence-electron chi connectivity index (χ2n) is 5.40. The summed E-state index contributed by atoms with van der Waals surface area (Å²) in [5.74, 6) is -1.19. The number of allylic oxidation sites excluding steroid dienone is 1. The monoisotopic (exact) mass is 270 g/mol. The molecule has 0 unspecified atom stereocenters. The Morgan fingerprint density at radius 1 is 1.17 bits per heavy atom. The topological polar surface area (TPSA) is 52.6 Å². The van der Waals surface area contributed by atoms with Gasteiger partial charge in [-0.1, -0.05) is 25.3 Å². The minimum Gasteiger partial charge on any atom is -0.468 e. The first-order valence-electron chi connectivity index (χ1n) is 5.76. The first kappa shape index (κ1) is 16.7. The molecule has 0 saturated carbocycles. The van der Waals surface area contributed by atoms with Crippen molar-refractivity contribution in [2.75, 3.05) is 14.2 Å². The Balaban J connectivity index is 5.00. The summed E-state index contributed by atoms with van der Waals surface area (Å²) in [7, 11) is 1.19. The Labute approximate surface area is 110 Å². The highest BCUT2D eigenvalue weighted by Gasteiger charge is 2.42. The van der Waals surface area contributed by atoms with Crippen molar-refractivity contribution in [1.29, 1.82) is 0 Å². The van der Waals surface area contributed by atoms with E-state index in [1.165, 1.54) is 21.1 Å². The Morgan fingerprint density at radius 2 is 1.61 bits per heavy atom. The Hall–Kier alpha value is -1.32. The van der Waals surface area contributed by atoms with Crippen molar-refractivity contribution in [3.05, 3.63) is 17.5 Å². The van der Waals surface area contributed by atoms with Crippen molar-refractivity contribution in [3.63, 3.8) is 0 Å². The standard InChI is InChI=1S/C13H22O4Si/c1-13(11(14)16-2,12(15)17-3)9-7-8-10-18(4,5)6/h7,10H,9H2,1-6H3. The zero-order valence-corrected chi connectivity index (χ0v) is 13.0. The number of methoxy groups -OCH3 is 2. The van der Waals surface area contributed by atoms with Gasteiger partial charge in [-0.3, -0.25) is 9.59 Å². The molecule has 5 heteroatoms. The molecule has 0 aliphatic heterocycles. The van der Waals surface area contributed by atoms with Crippen LogP contribution in [0.15, 0.2) is 17.5 Å². The molecule has 4 nitrogen and oxygen atoms in total. The predicted molar refractivity (Wildman–Crippen MR) is 72.8 cm³/mol. The highest BCUT2D eigenvalue weighted by atomic mass is 28.3. The maximum absolute atomic E-state index is 11.7. The molecule has 0 atom stereocenters. The Kier molecular flexibility index (Phi) is 6.08. The van der Waals surface area contributed by atoms with E-state index in [0.29, 0.717) is 0 Å². The van der Waals surface area contributed by atoms with Crippen molar-refractivity contribution in [2.24, 2.45) is 5.41 Å². The molecule has 0 bridgehead atoms. The average molecular weight is 270 g/mol. The number of carbonyl (C=O) groups is 2. The third-order valence-corrected chi connectivity index (χ3v) is 3.45. The van der Waals surface area contributed by atoms with Crippen LogP contribution in [0, 0.1) is 5.41 Å². The fourth-order valence-corrected chi connectivity index (χ4v) is 1.89. The van der Waals surface area contributed by atoms with Crippen LogP contribution in [0.5, 0.6) is 0 Å². The average Bonchev–Trinajstić information content (AvgIpc) is 2.30. The molecule has 0 saturated heterocycles. The van der Waals surface area contributed by atoms with Gasteiger partial charge in [0.15, 0.2) is 5.41 Å². The number of hydrogen-bond donors (Lipinski definition) is 0. The van der Waals surface area contributed by atoms with Crippen LogP contribution in [0.25, 0.3) is 0 Å². The number of rotatable bonds is 5. The first-order valence-corrected chi connectivity index (χ1v) is 9.34. The fourth-order valence-electron chi connectivity index (χ4n) is 1.27. The van der Waals surface area contributed by atoms with Crippen molar-refractivity contribution >= 4 is 20.0 Å². The van der Waals surface area contributed by atoms with E-state index >= 15 is 0 Å². The summed E-state index contributed by atoms with van der Waals surface area (Å²) < 4.78 is 9.29. The van der Waals surface area contributed by atoms with Gasteiger partial charge in [-0.2, -0.15) is 0 Å². The smallest absolute Gasteiger partial charge is 0.323 e. The number of hydrogen-bond acceptors (Lipinski definition) is 4. The molecule has 0 heterocycles. The summed E-state index contributed by atoms with van der Waals surface area (Å²) in [5.41, 5.74) is 3.75. The van der Waals surface area contributed by atoms with Crippen LogP contribution in [0.4, 0.5) is 0 Å². The number of esters is 2. The zero-order valence-electron chi connectivity index (χ0n) is 12.0. The van der Waals surface area contributed by atoms with Gasteiger partial charge in [0.25, 0.3) is 0 Å². The molecule has 0 aromatic rings. The fraction of sp³-hybridized carbons (Fsp3) is 0.615. The van der Waals surface area contributed by atoms with Gasteiger partial charge in [-0.25, -0.2) is 0 Å². The highest BCUT2D eigenvalue weighted by molar-refractivity contribution is 6.80. The molecule has 0 N–H and O–H groups in total. The second kappa shape index (κ2) is 6.57. The van der Waals surface area contributed by atoms with E-state index in [0.717, 1.165) is 0 Å². The summed E-state index contributed by atoms with van der Waals surface area (Å²) in [6, 6.07) is 0. The normalized spacial score (nSPS) is 11.2. The van der Waals surface area contributed by atoms with Crippen LogP contribution >= 0.6 is 0 Å². The summed E-state index contributed by atoms with van der Waals surface area (Å²) >= 11 is 0. The van der Waals surface area contributed by atoms with E-state index in [-0.39, 0.29) is 6.42 Å². The van der Waals surface area contributed by atoms with Crippen LogP contribution in [-0.2, 0) is 19.1 Å². The molecular formula is C13H22O4Si. The van der Waals surface area contributed by atoms with Gasteiger partial charge in [-0.15, -0.1) is 5.73 Å². The van der Waals surface area contributed by atoms with Gasteiger partial charge in [0.1, 0.15) is 0 Å². The SMILES string of the molecule is COC(=O)C(C)(CC=C=C[Si](C)(C)C)C(=O)OC. The van der Waals surface area contributed by atoms with E-state index in [1.807, 2.05) is 5.70 Å². The third-order valence-electron chi connectivity index (χ3n) is 2.42. The van der Waals surface area contributed by atoms with Gasteiger partial charge in [0.05, 0.1) is 22.3 Å². The summed E-state index contributed by atoms with van der Waals surface area (Å²) in [4.78, 5) is 23.3. The minimum atomic E-state index is -1.32. The lowest BCUT2D eigenvalue weighted by atomic mass is 9.87. The van der Waals surface area contributed by atoms with E-state index in [2.05, 4.69) is 34.8 Å². The molecule has 0 aromatic carbocycles. The molecule has 0 aliphatic rings. The maximum Gasteiger partial charge on any atom is 0.323 e. The van der Waals surface area contributed by atoms with Gasteiger partial charge >= 0.3 is 11.9 Å². The second-order valence-corrected chi connectivity index (χ2v) is 10.4. The van der Waals surface area contributed by atoms with Gasteiger partial charge in [0, 0.05) is 0 Å². The largest absolute Gasteiger partial charge is 0.468 e. The summed E-state index contributed by atoms with van der Waals surface area (Å²) in [5, 5.41) is 0. The Morgan fingerprint density at radius 3 is 1.94 bits per heavy atom. The van der Waals surface area contributed by atoms with Gasteiger partial charge < -0.3 is 9.47 Å². The molecule has 0 amide bonds. The lowest BCUT2D eigenvalue weighted by Crippen LogP contribution is -2.38. The first-order chi connectivity index (χ1) is 8.17. The quantitative estimate of drug-likeness (QED) is 0.333. The highest BCUT2D eigenvalue weighted by Crippen LogP contribution is 2.25. The lowest BCUT2D eigenvalue weighted by molar-refractivity contribution is -0.167. The van der Waals surface area contributed by atoms with Crippen molar-refractivity contribution in [1.82, 2.24) is 0 Å². The molecule has 0 fully saturated rings. The van der Waals surface area contributed by atoms with Gasteiger partial charge in [0.2, 0.25) is 0 Å². The van der Waals surface area contributed by atoms with E-state index in [1.54, 1.807) is 6.08 Å². The summed E-state index contributed by atoms with van der Waals surface area (Å²) in [6.45, 7) is 8.03. The summed E-state index contributed by atoms with van der Waals surface area (Å²) in [6.07, 6.45) is 1.90. The maximum atomic E-state index is 11.7. The molecule has 0 aliphatic carbocycles. The predicted octanol–water partition coefficient (Wildman–Crippen LogP) is 2.32. The van der Waals surface area contributed by atoms with Crippen LogP contribution in [0.2, 0.25) is 19.6 Å². The molecule has 0 rings (SSSR count). The van der Waals surface area contributed by atoms with E-state index < -0.39 is 25.4 Å². The lowest BCUT2D eigenvalue weighted by Gasteiger charge is -2.21. The van der Waals surface area contributed by atoms with Gasteiger partial charge in [-0.05, 0) is 19.4 Å². The molecule has 18 heavy (non-hydrogen) atoms. The van der Waals surface area contributed by atoms with Crippen LogP contribution in [-0.4, -0.2) is 34.2 Å². The van der Waals surface area contributed by atoms with Crippen molar-refractivity contribution in [2.45, 2.75) is 33.0 Å². The van der Waals surface area contributed by atoms with E-state index in [9.17, 15) is 9.59 Å². The van der Waals surface area contributed by atoms with Crippen molar-refractivity contribution < 1.29 is 19.1 Å². The minimum absolute atomic E-state index is 0.216. The zero-order chi connectivity index (χ0) is 14.4. The third kappa shape index (κ3) is 4.90. The van der Waals surface area contributed by atoms with Crippen LogP contribution in [0.1, 0.15) is 13.3 Å². The molecule has 0 aromatic heterocycles.